The van der Waals surface area contributed by atoms with Crippen LogP contribution in [-0.4, -0.2) is 31.8 Å². The number of nitrogens with zero attached hydrogens (tertiary/aromatic N) is 1. The Labute approximate surface area is 197 Å². The number of hydrogen-bond donors (Lipinski definition) is 1. The van der Waals surface area contributed by atoms with Crippen molar-refractivity contribution in [2.75, 3.05) is 18.5 Å². The molecule has 0 saturated carbocycles. The van der Waals surface area contributed by atoms with E-state index in [1.165, 1.54) is 4.31 Å². The minimum atomic E-state index is -3.89. The molecule has 3 aromatic rings. The highest BCUT2D eigenvalue weighted by Gasteiger charge is 2.27. The molecule has 6 nitrogen and oxygen atoms in total. The monoisotopic (exact) mass is 516 g/mol. The SMILES string of the molecule is CCOc1ccc(NC(=O)CN(Cc2ccc(Br)cc2)S(=O)(=O)c2ccc(C)cc2)cc1. The second-order valence-electron chi connectivity index (χ2n) is 7.22. The van der Waals surface area contributed by atoms with Crippen LogP contribution in [0.5, 0.6) is 5.75 Å². The van der Waals surface area contributed by atoms with E-state index in [0.717, 1.165) is 15.6 Å². The van der Waals surface area contributed by atoms with Gasteiger partial charge in [0, 0.05) is 16.7 Å². The van der Waals surface area contributed by atoms with Crippen LogP contribution in [0.3, 0.4) is 0 Å². The highest BCUT2D eigenvalue weighted by Crippen LogP contribution is 2.21. The fraction of sp³-hybridized carbons (Fsp3) is 0.208. The quantitative estimate of drug-likeness (QED) is 0.434. The van der Waals surface area contributed by atoms with Crippen molar-refractivity contribution in [3.63, 3.8) is 0 Å². The molecule has 0 aliphatic carbocycles. The number of anilines is 1. The summed E-state index contributed by atoms with van der Waals surface area (Å²) in [6.45, 7) is 4.08. The smallest absolute Gasteiger partial charge is 0.243 e. The number of benzene rings is 3. The maximum atomic E-state index is 13.3. The molecule has 0 heterocycles. The summed E-state index contributed by atoms with van der Waals surface area (Å²) >= 11 is 3.38. The van der Waals surface area contributed by atoms with E-state index in [-0.39, 0.29) is 18.0 Å². The molecule has 0 bridgehead atoms. The summed E-state index contributed by atoms with van der Waals surface area (Å²) in [4.78, 5) is 12.9. The summed E-state index contributed by atoms with van der Waals surface area (Å²) in [7, 11) is -3.89. The van der Waals surface area contributed by atoms with Gasteiger partial charge in [-0.15, -0.1) is 0 Å². The van der Waals surface area contributed by atoms with Crippen molar-refractivity contribution >= 4 is 37.5 Å². The number of carbonyl (C=O) groups is 1. The first-order chi connectivity index (χ1) is 15.3. The van der Waals surface area contributed by atoms with Crippen LogP contribution in [0.4, 0.5) is 5.69 Å². The molecule has 1 N–H and O–H groups in total. The normalized spacial score (nSPS) is 11.4. The van der Waals surface area contributed by atoms with Gasteiger partial charge in [-0.1, -0.05) is 45.8 Å². The van der Waals surface area contributed by atoms with Crippen LogP contribution >= 0.6 is 15.9 Å². The summed E-state index contributed by atoms with van der Waals surface area (Å²) in [5, 5.41) is 2.76. The van der Waals surface area contributed by atoms with Gasteiger partial charge in [-0.3, -0.25) is 4.79 Å². The highest BCUT2D eigenvalue weighted by atomic mass is 79.9. The summed E-state index contributed by atoms with van der Waals surface area (Å²) in [6, 6.07) is 20.9. The molecule has 0 aliphatic heterocycles. The van der Waals surface area contributed by atoms with Crippen LogP contribution in [0.25, 0.3) is 0 Å². The summed E-state index contributed by atoms with van der Waals surface area (Å²) in [6.07, 6.45) is 0. The van der Waals surface area contributed by atoms with Gasteiger partial charge in [0.05, 0.1) is 18.0 Å². The minimum absolute atomic E-state index is 0.0696. The number of hydrogen-bond acceptors (Lipinski definition) is 4. The Kier molecular flexibility index (Phi) is 8.06. The second kappa shape index (κ2) is 10.8. The topological polar surface area (TPSA) is 75.7 Å². The zero-order chi connectivity index (χ0) is 23.1. The lowest BCUT2D eigenvalue weighted by molar-refractivity contribution is -0.116. The number of halogens is 1. The first-order valence-electron chi connectivity index (χ1n) is 10.1. The molecule has 0 fully saturated rings. The summed E-state index contributed by atoms with van der Waals surface area (Å²) in [5.41, 5.74) is 2.30. The van der Waals surface area contributed by atoms with Crippen molar-refractivity contribution < 1.29 is 17.9 Å². The Hall–Kier alpha value is -2.68. The Balaban J connectivity index is 1.81. The molecular formula is C24H25BrN2O4S. The Morgan fingerprint density at radius 1 is 0.969 bits per heavy atom. The number of rotatable bonds is 9. The van der Waals surface area contributed by atoms with Crippen LogP contribution in [0.15, 0.2) is 82.2 Å². The molecule has 0 saturated heterocycles. The van der Waals surface area contributed by atoms with E-state index in [1.54, 1.807) is 48.5 Å². The van der Waals surface area contributed by atoms with Gasteiger partial charge in [0.25, 0.3) is 0 Å². The second-order valence-corrected chi connectivity index (χ2v) is 10.1. The van der Waals surface area contributed by atoms with Crippen LogP contribution in [0.2, 0.25) is 0 Å². The van der Waals surface area contributed by atoms with Crippen molar-refractivity contribution in [2.24, 2.45) is 0 Å². The van der Waals surface area contributed by atoms with Gasteiger partial charge in [-0.05, 0) is 67.9 Å². The number of sulfonamides is 1. The number of carbonyl (C=O) groups excluding carboxylic acids is 1. The molecule has 3 aromatic carbocycles. The first kappa shape index (κ1) is 24.0. The molecule has 0 unspecified atom stereocenters. The summed E-state index contributed by atoms with van der Waals surface area (Å²) < 4.78 is 34.2. The molecule has 1 amide bonds. The average Bonchev–Trinajstić information content (AvgIpc) is 2.76. The lowest BCUT2D eigenvalue weighted by atomic mass is 10.2. The molecule has 3 rings (SSSR count). The standard InChI is InChI=1S/C24H25BrN2O4S/c1-3-31-22-12-10-21(11-13-22)26-24(28)17-27(16-19-6-8-20(25)9-7-19)32(29,30)23-14-4-18(2)5-15-23/h4-15H,3,16-17H2,1-2H3,(H,26,28). The van der Waals surface area contributed by atoms with Gasteiger partial charge in [-0.25, -0.2) is 8.42 Å². The van der Waals surface area contributed by atoms with E-state index in [0.29, 0.717) is 18.0 Å². The van der Waals surface area contributed by atoms with Crippen molar-refractivity contribution in [3.8, 4) is 5.75 Å². The Bertz CT molecular complexity index is 1150. The van der Waals surface area contributed by atoms with Crippen LogP contribution in [-0.2, 0) is 21.4 Å². The molecular weight excluding hydrogens is 492 g/mol. The lowest BCUT2D eigenvalue weighted by Gasteiger charge is -2.22. The van der Waals surface area contributed by atoms with Gasteiger partial charge in [0.2, 0.25) is 15.9 Å². The molecule has 32 heavy (non-hydrogen) atoms. The fourth-order valence-corrected chi connectivity index (χ4v) is 4.69. The zero-order valence-corrected chi connectivity index (χ0v) is 20.3. The third kappa shape index (κ3) is 6.41. The van der Waals surface area contributed by atoms with Gasteiger partial charge < -0.3 is 10.1 Å². The largest absolute Gasteiger partial charge is 0.494 e. The van der Waals surface area contributed by atoms with Gasteiger partial charge in [0.15, 0.2) is 0 Å². The van der Waals surface area contributed by atoms with Crippen molar-refractivity contribution in [3.05, 3.63) is 88.4 Å². The molecule has 8 heteroatoms. The van der Waals surface area contributed by atoms with Crippen LogP contribution in [0, 0.1) is 6.92 Å². The third-order valence-corrected chi connectivity index (χ3v) is 7.03. The fourth-order valence-electron chi connectivity index (χ4n) is 3.04. The average molecular weight is 517 g/mol. The Morgan fingerprint density at radius 2 is 1.59 bits per heavy atom. The third-order valence-electron chi connectivity index (χ3n) is 4.70. The molecule has 0 aromatic heterocycles. The maximum Gasteiger partial charge on any atom is 0.243 e. The van der Waals surface area contributed by atoms with Crippen LogP contribution < -0.4 is 10.1 Å². The van der Waals surface area contributed by atoms with Crippen molar-refractivity contribution in [1.29, 1.82) is 0 Å². The van der Waals surface area contributed by atoms with E-state index in [4.69, 9.17) is 4.74 Å². The number of aryl methyl sites for hydroxylation is 1. The van der Waals surface area contributed by atoms with E-state index in [1.807, 2.05) is 38.1 Å². The van der Waals surface area contributed by atoms with E-state index in [9.17, 15) is 13.2 Å². The lowest BCUT2D eigenvalue weighted by Crippen LogP contribution is -2.37. The predicted octanol–water partition coefficient (Wildman–Crippen LogP) is 4.99. The molecule has 168 valence electrons. The molecule has 0 radical (unpaired) electrons. The number of amides is 1. The molecule has 0 aliphatic rings. The Morgan fingerprint density at radius 3 is 2.19 bits per heavy atom. The number of nitrogens with one attached hydrogen (secondary N) is 1. The van der Waals surface area contributed by atoms with Gasteiger partial charge >= 0.3 is 0 Å². The van der Waals surface area contributed by atoms with E-state index < -0.39 is 15.9 Å². The predicted molar refractivity (Wildman–Crippen MR) is 129 cm³/mol. The minimum Gasteiger partial charge on any atom is -0.494 e. The van der Waals surface area contributed by atoms with Gasteiger partial charge in [0.1, 0.15) is 5.75 Å². The molecule has 0 spiro atoms. The first-order valence-corrected chi connectivity index (χ1v) is 12.3. The van der Waals surface area contributed by atoms with E-state index in [2.05, 4.69) is 21.2 Å². The van der Waals surface area contributed by atoms with E-state index >= 15 is 0 Å². The molecule has 0 atom stereocenters. The number of ether oxygens (including phenoxy) is 1. The zero-order valence-electron chi connectivity index (χ0n) is 17.9. The summed E-state index contributed by atoms with van der Waals surface area (Å²) in [5.74, 6) is 0.270. The van der Waals surface area contributed by atoms with Gasteiger partial charge in [-0.2, -0.15) is 4.31 Å². The highest BCUT2D eigenvalue weighted by molar-refractivity contribution is 9.10. The van der Waals surface area contributed by atoms with Crippen molar-refractivity contribution in [1.82, 2.24) is 4.31 Å². The van der Waals surface area contributed by atoms with Crippen molar-refractivity contribution in [2.45, 2.75) is 25.3 Å². The maximum absolute atomic E-state index is 13.3. The van der Waals surface area contributed by atoms with Crippen LogP contribution in [0.1, 0.15) is 18.1 Å².